The lowest BCUT2D eigenvalue weighted by atomic mass is 10.2. The van der Waals surface area contributed by atoms with Crippen LogP contribution in [0.25, 0.3) is 0 Å². The number of carbonyl (C=O) groups excluding carboxylic acids is 1. The van der Waals surface area contributed by atoms with Gasteiger partial charge in [-0.15, -0.1) is 13.2 Å². The Hall–Kier alpha value is -1.72. The second kappa shape index (κ2) is 3.57. The minimum absolute atomic E-state index is 0.0910. The zero-order chi connectivity index (χ0) is 10.8. The van der Waals surface area contributed by atoms with E-state index in [1.807, 2.05) is 0 Å². The van der Waals surface area contributed by atoms with E-state index in [2.05, 4.69) is 10.8 Å². The van der Waals surface area contributed by atoms with E-state index in [9.17, 15) is 18.0 Å². The van der Waals surface area contributed by atoms with Crippen molar-refractivity contribution in [3.05, 3.63) is 29.8 Å². The molecule has 0 fully saturated rings. The number of benzene rings is 1. The number of alkyl halides is 3. The number of rotatable bonds is 2. The summed E-state index contributed by atoms with van der Waals surface area (Å²) in [5, 5.41) is 0. The smallest absolute Gasteiger partial charge is 0.406 e. The highest BCUT2D eigenvalue weighted by molar-refractivity contribution is 5.93. The molecule has 0 heterocycles. The average molecular weight is 204 g/mol. The molecule has 1 aromatic rings. The molecule has 0 aliphatic rings. The van der Waals surface area contributed by atoms with Crippen LogP contribution in [0.4, 0.5) is 13.2 Å². The van der Waals surface area contributed by atoms with Gasteiger partial charge in [-0.1, -0.05) is 0 Å². The standard InChI is InChI=1S/C8H5F3NO2/c9-8(10,11)14-6-3-1-2-5(4-6)7(12)13/h2-4H,(H2,12,13). The van der Waals surface area contributed by atoms with E-state index in [1.54, 1.807) is 0 Å². The predicted octanol–water partition coefficient (Wildman–Crippen LogP) is 1.48. The monoisotopic (exact) mass is 204 g/mol. The molecule has 6 heteroatoms. The van der Waals surface area contributed by atoms with Crippen molar-refractivity contribution in [2.24, 2.45) is 5.73 Å². The number of amides is 1. The SMILES string of the molecule is NC(=O)c1c[c]cc(OC(F)(F)F)c1. The van der Waals surface area contributed by atoms with Crippen molar-refractivity contribution in [3.63, 3.8) is 0 Å². The van der Waals surface area contributed by atoms with Gasteiger partial charge in [0.2, 0.25) is 5.91 Å². The largest absolute Gasteiger partial charge is 0.573 e. The van der Waals surface area contributed by atoms with Crippen molar-refractivity contribution in [1.82, 2.24) is 0 Å². The van der Waals surface area contributed by atoms with Crippen LogP contribution in [0, 0.1) is 6.07 Å². The molecular formula is C8H5F3NO2. The maximum Gasteiger partial charge on any atom is 0.573 e. The van der Waals surface area contributed by atoms with Gasteiger partial charge in [0.1, 0.15) is 5.75 Å². The van der Waals surface area contributed by atoms with Gasteiger partial charge in [0.25, 0.3) is 0 Å². The lowest BCUT2D eigenvalue weighted by molar-refractivity contribution is -0.274. The van der Waals surface area contributed by atoms with E-state index in [0.29, 0.717) is 0 Å². The van der Waals surface area contributed by atoms with Crippen LogP contribution >= 0.6 is 0 Å². The second-order valence-corrected chi connectivity index (χ2v) is 2.37. The number of carbonyl (C=O) groups is 1. The van der Waals surface area contributed by atoms with E-state index in [-0.39, 0.29) is 5.56 Å². The zero-order valence-electron chi connectivity index (χ0n) is 6.76. The number of hydrogen-bond donors (Lipinski definition) is 1. The first-order valence-electron chi connectivity index (χ1n) is 3.45. The quantitative estimate of drug-likeness (QED) is 0.793. The van der Waals surface area contributed by atoms with Gasteiger partial charge in [-0.25, -0.2) is 0 Å². The van der Waals surface area contributed by atoms with Gasteiger partial charge in [-0.05, 0) is 24.3 Å². The van der Waals surface area contributed by atoms with Crippen LogP contribution in [-0.4, -0.2) is 12.3 Å². The zero-order valence-corrected chi connectivity index (χ0v) is 6.76. The Morgan fingerprint density at radius 1 is 1.43 bits per heavy atom. The average Bonchev–Trinajstić information content (AvgIpc) is 2.01. The number of ether oxygens (including phenoxy) is 1. The first kappa shape index (κ1) is 10.4. The van der Waals surface area contributed by atoms with E-state index in [4.69, 9.17) is 5.73 Å². The first-order chi connectivity index (χ1) is 6.38. The Morgan fingerprint density at radius 2 is 2.07 bits per heavy atom. The highest BCUT2D eigenvalue weighted by Gasteiger charge is 2.31. The molecule has 0 atom stereocenters. The van der Waals surface area contributed by atoms with Crippen LogP contribution in [-0.2, 0) is 0 Å². The normalized spacial score (nSPS) is 11.1. The van der Waals surface area contributed by atoms with Crippen molar-refractivity contribution in [3.8, 4) is 5.75 Å². The number of halogens is 3. The van der Waals surface area contributed by atoms with Gasteiger partial charge in [0.15, 0.2) is 0 Å². The summed E-state index contributed by atoms with van der Waals surface area (Å²) in [7, 11) is 0. The maximum atomic E-state index is 11.7. The van der Waals surface area contributed by atoms with Crippen LogP contribution in [0.15, 0.2) is 18.2 Å². The van der Waals surface area contributed by atoms with Gasteiger partial charge < -0.3 is 10.5 Å². The minimum atomic E-state index is -4.79. The molecule has 0 saturated heterocycles. The highest BCUT2D eigenvalue weighted by Crippen LogP contribution is 2.22. The summed E-state index contributed by atoms with van der Waals surface area (Å²) in [6.45, 7) is 0. The van der Waals surface area contributed by atoms with Crippen molar-refractivity contribution in [2.75, 3.05) is 0 Å². The summed E-state index contributed by atoms with van der Waals surface area (Å²) in [5.41, 5.74) is 4.76. The molecule has 0 spiro atoms. The minimum Gasteiger partial charge on any atom is -0.406 e. The van der Waals surface area contributed by atoms with Crippen molar-refractivity contribution >= 4 is 5.91 Å². The second-order valence-electron chi connectivity index (χ2n) is 2.37. The molecule has 2 N–H and O–H groups in total. The third-order valence-corrected chi connectivity index (χ3v) is 1.28. The topological polar surface area (TPSA) is 52.3 Å². The Balaban J connectivity index is 2.89. The van der Waals surface area contributed by atoms with Gasteiger partial charge in [-0.2, -0.15) is 0 Å². The Labute approximate surface area is 77.3 Å². The summed E-state index contributed by atoms with van der Waals surface area (Å²) in [5.74, 6) is -1.36. The molecule has 0 bridgehead atoms. The van der Waals surface area contributed by atoms with Gasteiger partial charge >= 0.3 is 6.36 Å². The molecule has 75 valence electrons. The summed E-state index contributed by atoms with van der Waals surface area (Å²) in [6.07, 6.45) is -4.79. The summed E-state index contributed by atoms with van der Waals surface area (Å²) in [4.78, 5) is 10.6. The van der Waals surface area contributed by atoms with Crippen molar-refractivity contribution in [2.45, 2.75) is 6.36 Å². The fourth-order valence-electron chi connectivity index (χ4n) is 0.785. The molecule has 3 nitrogen and oxygen atoms in total. The highest BCUT2D eigenvalue weighted by atomic mass is 19.4. The first-order valence-corrected chi connectivity index (χ1v) is 3.45. The number of nitrogens with two attached hydrogens (primary N) is 1. The van der Waals surface area contributed by atoms with Crippen molar-refractivity contribution in [1.29, 1.82) is 0 Å². The lowest BCUT2D eigenvalue weighted by Gasteiger charge is -2.08. The molecule has 0 aliphatic heterocycles. The molecule has 14 heavy (non-hydrogen) atoms. The van der Waals surface area contributed by atoms with Crippen LogP contribution in [0.2, 0.25) is 0 Å². The van der Waals surface area contributed by atoms with E-state index in [0.717, 1.165) is 12.1 Å². The van der Waals surface area contributed by atoms with E-state index in [1.165, 1.54) is 6.07 Å². The maximum absolute atomic E-state index is 11.7. The fraction of sp³-hybridized carbons (Fsp3) is 0.125. The Morgan fingerprint density at radius 3 is 2.57 bits per heavy atom. The molecule has 0 saturated carbocycles. The lowest BCUT2D eigenvalue weighted by Crippen LogP contribution is -2.18. The number of primary amides is 1. The van der Waals surface area contributed by atoms with E-state index < -0.39 is 18.0 Å². The molecule has 1 amide bonds. The van der Waals surface area contributed by atoms with Crippen LogP contribution in [0.3, 0.4) is 0 Å². The summed E-state index contributed by atoms with van der Waals surface area (Å²) in [6, 6.07) is 5.33. The fourth-order valence-corrected chi connectivity index (χ4v) is 0.785. The van der Waals surface area contributed by atoms with Crippen molar-refractivity contribution < 1.29 is 22.7 Å². The van der Waals surface area contributed by atoms with Gasteiger partial charge in [0, 0.05) is 5.56 Å². The van der Waals surface area contributed by atoms with E-state index >= 15 is 0 Å². The summed E-state index contributed by atoms with van der Waals surface area (Å²) >= 11 is 0. The third-order valence-electron chi connectivity index (χ3n) is 1.28. The third kappa shape index (κ3) is 2.96. The van der Waals surface area contributed by atoms with Gasteiger partial charge in [0.05, 0.1) is 0 Å². The summed E-state index contributed by atoms with van der Waals surface area (Å²) < 4.78 is 38.7. The molecule has 1 rings (SSSR count). The number of hydrogen-bond acceptors (Lipinski definition) is 2. The predicted molar refractivity (Wildman–Crippen MR) is 40.5 cm³/mol. The molecule has 1 aromatic carbocycles. The molecule has 0 aromatic heterocycles. The Kier molecular flexibility index (Phi) is 2.64. The molecular weight excluding hydrogens is 199 g/mol. The Bertz CT molecular complexity index is 349. The van der Waals surface area contributed by atoms with Crippen LogP contribution in [0.1, 0.15) is 10.4 Å². The molecule has 0 unspecified atom stereocenters. The molecule has 0 aliphatic carbocycles. The van der Waals surface area contributed by atoms with Gasteiger partial charge in [-0.3, -0.25) is 4.79 Å². The van der Waals surface area contributed by atoms with Crippen LogP contribution < -0.4 is 10.5 Å². The molecule has 1 radical (unpaired) electrons. The van der Waals surface area contributed by atoms with Crippen LogP contribution in [0.5, 0.6) is 5.75 Å².